The van der Waals surface area contributed by atoms with Gasteiger partial charge >= 0.3 is 5.97 Å². The van der Waals surface area contributed by atoms with Crippen LogP contribution in [0.15, 0.2) is 35.7 Å². The number of hydrogen-bond acceptors (Lipinski definition) is 8. The summed E-state index contributed by atoms with van der Waals surface area (Å²) in [5.74, 6) is -0.436. The molecule has 0 saturated carbocycles. The van der Waals surface area contributed by atoms with Crippen LogP contribution in [0, 0.1) is 11.1 Å². The Balaban J connectivity index is 1.41. The van der Waals surface area contributed by atoms with Gasteiger partial charge in [-0.15, -0.1) is 11.3 Å². The number of thiophene rings is 1. The number of benzene rings is 1. The van der Waals surface area contributed by atoms with Crippen LogP contribution in [0.5, 0.6) is 0 Å². The quantitative estimate of drug-likeness (QED) is 0.395. The van der Waals surface area contributed by atoms with Gasteiger partial charge in [0, 0.05) is 25.1 Å². The highest BCUT2D eigenvalue weighted by Crippen LogP contribution is 2.27. The summed E-state index contributed by atoms with van der Waals surface area (Å²) in [6.45, 7) is 1.12. The van der Waals surface area contributed by atoms with Gasteiger partial charge in [0.25, 0.3) is 11.5 Å². The molecular weight excluding hydrogens is 394 g/mol. The molecule has 0 radical (unpaired) electrons. The summed E-state index contributed by atoms with van der Waals surface area (Å²) in [5, 5.41) is 21.2. The van der Waals surface area contributed by atoms with Crippen LogP contribution >= 0.6 is 11.3 Å². The minimum absolute atomic E-state index is 0.129. The molecule has 0 spiro atoms. The number of amides is 1. The van der Waals surface area contributed by atoms with Crippen molar-refractivity contribution in [2.45, 2.75) is 12.8 Å². The molecule has 3 heterocycles. The van der Waals surface area contributed by atoms with Crippen molar-refractivity contribution < 1.29 is 19.2 Å². The number of ether oxygens (including phenoxy) is 1. The molecule has 0 aliphatic carbocycles. The first kappa shape index (κ1) is 19.1. The number of nitrogens with one attached hydrogen (secondary N) is 1. The molecule has 4 rings (SSSR count). The number of rotatable bonds is 4. The zero-order valence-electron chi connectivity index (χ0n) is 15.7. The highest BCUT2D eigenvalue weighted by Gasteiger charge is 2.28. The number of carbonyl (C=O) groups excluding carboxylic acids is 2. The van der Waals surface area contributed by atoms with Crippen LogP contribution in [0.2, 0.25) is 0 Å². The molecule has 1 N–H and O–H groups in total. The third kappa shape index (κ3) is 3.83. The molecule has 0 atom stereocenters. The molecule has 1 aliphatic heterocycles. The normalized spacial score (nSPS) is 14.7. The Morgan fingerprint density at radius 3 is 2.79 bits per heavy atom. The van der Waals surface area contributed by atoms with Gasteiger partial charge in [-0.25, -0.2) is 9.78 Å². The predicted molar refractivity (Wildman–Crippen MR) is 108 cm³/mol. The first-order valence-electron chi connectivity index (χ1n) is 9.15. The van der Waals surface area contributed by atoms with Crippen molar-refractivity contribution in [3.63, 3.8) is 0 Å². The Hall–Kier alpha value is -3.27. The Bertz CT molecular complexity index is 1060. The molecule has 1 aliphatic rings. The zero-order valence-corrected chi connectivity index (χ0v) is 16.5. The van der Waals surface area contributed by atoms with Crippen LogP contribution in [0.25, 0.3) is 11.0 Å². The van der Waals surface area contributed by atoms with Crippen molar-refractivity contribution in [2.24, 2.45) is 5.92 Å². The first-order valence-corrected chi connectivity index (χ1v) is 10.0. The molecule has 1 aromatic carbocycles. The smallest absolute Gasteiger partial charge is 0.340 e. The van der Waals surface area contributed by atoms with E-state index in [1.807, 2.05) is 11.0 Å². The molecule has 1 fully saturated rings. The van der Waals surface area contributed by atoms with Gasteiger partial charge in [0.05, 0.1) is 17.8 Å². The summed E-state index contributed by atoms with van der Waals surface area (Å²) in [7, 11) is 1.31. The van der Waals surface area contributed by atoms with Crippen molar-refractivity contribution in [1.29, 1.82) is 0 Å². The molecule has 1 amide bonds. The summed E-state index contributed by atoms with van der Waals surface area (Å²) in [4.78, 5) is 31.4. The fourth-order valence-corrected chi connectivity index (χ4v) is 4.13. The fraction of sp³-hybridized carbons (Fsp3) is 0.316. The van der Waals surface area contributed by atoms with Gasteiger partial charge < -0.3 is 20.2 Å². The second-order valence-corrected chi connectivity index (χ2v) is 7.60. The third-order valence-electron chi connectivity index (χ3n) is 4.94. The number of hydrogen-bond donors (Lipinski definition) is 1. The van der Waals surface area contributed by atoms with E-state index < -0.39 is 5.97 Å². The zero-order chi connectivity index (χ0) is 20.4. The molecule has 150 valence electrons. The van der Waals surface area contributed by atoms with Crippen LogP contribution in [0.3, 0.4) is 0 Å². The highest BCUT2D eigenvalue weighted by molar-refractivity contribution is 7.14. The molecule has 29 heavy (non-hydrogen) atoms. The molecule has 10 heteroatoms. The van der Waals surface area contributed by atoms with Crippen molar-refractivity contribution in [1.82, 2.24) is 10.1 Å². The van der Waals surface area contributed by atoms with Gasteiger partial charge in [-0.1, -0.05) is 12.1 Å². The Morgan fingerprint density at radius 1 is 1.28 bits per heavy atom. The van der Waals surface area contributed by atoms with Crippen LogP contribution in [-0.2, 0) is 9.53 Å². The monoisotopic (exact) mass is 413 g/mol. The number of esters is 1. The lowest BCUT2D eigenvalue weighted by atomic mass is 9.96. The maximum atomic E-state index is 12.6. The van der Waals surface area contributed by atoms with E-state index in [2.05, 4.69) is 15.4 Å². The summed E-state index contributed by atoms with van der Waals surface area (Å²) in [6.07, 6.45) is 1.19. The summed E-state index contributed by atoms with van der Waals surface area (Å²) < 4.78 is 4.73. The number of para-hydroxylation sites is 2. The standard InChI is InChI=1S/C19H19N5O4S/c1-28-18(26)13-8-11-29-17(13)21-16(25)12-6-9-23(10-7-12)19-20-14-4-2-3-5-15(14)24(27)22-19/h2-5,8,11-12H,6-7,9-10H2,1H3,(H,21,25). The second-order valence-electron chi connectivity index (χ2n) is 6.68. The van der Waals surface area contributed by atoms with Crippen molar-refractivity contribution in [2.75, 3.05) is 30.4 Å². The van der Waals surface area contributed by atoms with Crippen LogP contribution < -0.4 is 15.1 Å². The molecule has 0 bridgehead atoms. The topological polar surface area (TPSA) is 111 Å². The summed E-state index contributed by atoms with van der Waals surface area (Å²) >= 11 is 1.29. The number of methoxy groups -OCH3 is 1. The van der Waals surface area contributed by atoms with E-state index in [0.717, 1.165) is 0 Å². The van der Waals surface area contributed by atoms with Gasteiger partial charge in [-0.05, 0) is 35.2 Å². The Kier molecular flexibility index (Phi) is 5.26. The van der Waals surface area contributed by atoms with Crippen molar-refractivity contribution >= 4 is 45.2 Å². The van der Waals surface area contributed by atoms with E-state index in [9.17, 15) is 14.8 Å². The number of fused-ring (bicyclic) bond motifs is 1. The van der Waals surface area contributed by atoms with Gasteiger partial charge in [0.2, 0.25) is 5.91 Å². The van der Waals surface area contributed by atoms with E-state index in [1.54, 1.807) is 29.6 Å². The lowest BCUT2D eigenvalue weighted by Crippen LogP contribution is -2.42. The van der Waals surface area contributed by atoms with Crippen LogP contribution in [-0.4, -0.2) is 42.2 Å². The maximum Gasteiger partial charge on any atom is 0.340 e. The van der Waals surface area contributed by atoms with Crippen molar-refractivity contribution in [3.05, 3.63) is 46.5 Å². The average molecular weight is 413 g/mol. The van der Waals surface area contributed by atoms with E-state index in [-0.39, 0.29) is 11.8 Å². The SMILES string of the molecule is COC(=O)c1ccsc1NC(=O)C1CCN(c2nc3ccccc3[n+]([O-])n2)CC1. The molecule has 9 nitrogen and oxygen atoms in total. The number of nitrogens with zero attached hydrogens (tertiary/aromatic N) is 4. The molecule has 1 saturated heterocycles. The third-order valence-corrected chi connectivity index (χ3v) is 5.77. The first-order chi connectivity index (χ1) is 14.1. The number of piperidine rings is 1. The van der Waals surface area contributed by atoms with Gasteiger partial charge in [-0.2, -0.15) is 0 Å². The highest BCUT2D eigenvalue weighted by atomic mass is 32.1. The van der Waals surface area contributed by atoms with E-state index >= 15 is 0 Å². The maximum absolute atomic E-state index is 12.6. The largest absolute Gasteiger partial charge is 0.594 e. The lowest BCUT2D eigenvalue weighted by molar-refractivity contribution is -0.641. The molecule has 2 aromatic heterocycles. The van der Waals surface area contributed by atoms with Gasteiger partial charge in [-0.3, -0.25) is 4.79 Å². The van der Waals surface area contributed by atoms with Crippen LogP contribution in [0.4, 0.5) is 10.9 Å². The Morgan fingerprint density at radius 2 is 2.03 bits per heavy atom. The summed E-state index contributed by atoms with van der Waals surface area (Å²) in [5.41, 5.74) is 1.36. The molecule has 0 unspecified atom stereocenters. The lowest BCUT2D eigenvalue weighted by Gasteiger charge is -2.30. The molecule has 3 aromatic rings. The van der Waals surface area contributed by atoms with E-state index in [0.29, 0.717) is 58.3 Å². The predicted octanol–water partition coefficient (Wildman–Crippen LogP) is 1.97. The van der Waals surface area contributed by atoms with Gasteiger partial charge in [0.15, 0.2) is 0 Å². The second kappa shape index (κ2) is 8.00. The van der Waals surface area contributed by atoms with E-state index in [1.165, 1.54) is 18.4 Å². The van der Waals surface area contributed by atoms with Crippen LogP contribution in [0.1, 0.15) is 23.2 Å². The minimum Gasteiger partial charge on any atom is -0.594 e. The number of carbonyl (C=O) groups is 2. The number of aromatic nitrogens is 3. The summed E-state index contributed by atoms with van der Waals surface area (Å²) in [6, 6.07) is 8.67. The minimum atomic E-state index is -0.476. The average Bonchev–Trinajstić information content (AvgIpc) is 3.21. The molecular formula is C19H19N5O4S. The fourth-order valence-electron chi connectivity index (χ4n) is 3.35. The Labute approximate surface area is 170 Å². The van der Waals surface area contributed by atoms with E-state index in [4.69, 9.17) is 4.74 Å². The van der Waals surface area contributed by atoms with Gasteiger partial charge in [0.1, 0.15) is 10.5 Å². The van der Waals surface area contributed by atoms with Crippen molar-refractivity contribution in [3.8, 4) is 0 Å². The number of anilines is 2.